The Balaban J connectivity index is 4.92. The molecule has 0 N–H and O–H groups in total. The molecule has 0 spiro atoms. The van der Waals surface area contributed by atoms with Crippen molar-refractivity contribution in [3.05, 3.63) is 0 Å². The first-order chi connectivity index (χ1) is 7.93. The van der Waals surface area contributed by atoms with Crippen LogP contribution in [0.5, 0.6) is 0 Å². The van der Waals surface area contributed by atoms with Crippen LogP contribution in [0.2, 0.25) is 0 Å². The Morgan fingerprint density at radius 3 is 1.29 bits per heavy atom. The predicted octanol–water partition coefficient (Wildman–Crippen LogP) is 2.66. The minimum Gasteiger partial charge on any atom is -0.702 e. The molecular weight excluding hydrogens is 238 g/mol. The number of unbranched alkanes of at least 4 members (excludes halogenated alkanes) is 3. The van der Waals surface area contributed by atoms with E-state index < -0.39 is 10.3 Å². The molecule has 5 heteroatoms. The van der Waals surface area contributed by atoms with Gasteiger partial charge in [0.05, 0.1) is 19.6 Å². The average molecular weight is 265 g/mol. The normalized spacial score (nSPS) is 12.9. The number of nitrogens with zero attached hydrogens (tertiary/aromatic N) is 1. The van der Waals surface area contributed by atoms with Gasteiger partial charge in [0.2, 0.25) is 0 Å². The maximum atomic E-state index is 11.6. The summed E-state index contributed by atoms with van der Waals surface area (Å²) in [5, 5.41) is 0. The van der Waals surface area contributed by atoms with Gasteiger partial charge in [0.25, 0.3) is 10.3 Å². The van der Waals surface area contributed by atoms with E-state index in [4.69, 9.17) is 0 Å². The van der Waals surface area contributed by atoms with Gasteiger partial charge in [-0.15, -0.1) is 0 Å². The zero-order valence-corrected chi connectivity index (χ0v) is 12.3. The Kier molecular flexibility index (Phi) is 8.00. The molecule has 0 unspecified atom stereocenters. The minimum atomic E-state index is -4.26. The van der Waals surface area contributed by atoms with Crippen LogP contribution >= 0.6 is 0 Å². The second-order valence-electron chi connectivity index (χ2n) is 4.72. The van der Waals surface area contributed by atoms with Gasteiger partial charge in [0.15, 0.2) is 0 Å². The van der Waals surface area contributed by atoms with E-state index in [2.05, 4.69) is 0 Å². The summed E-state index contributed by atoms with van der Waals surface area (Å²) in [4.78, 5) is 0. The average Bonchev–Trinajstić information content (AvgIpc) is 2.27. The highest BCUT2D eigenvalue weighted by Gasteiger charge is 2.32. The molecule has 0 atom stereocenters. The molecule has 0 aliphatic carbocycles. The lowest BCUT2D eigenvalue weighted by Gasteiger charge is -2.39. The van der Waals surface area contributed by atoms with Gasteiger partial charge in [-0.25, -0.2) is 3.89 Å². The molecule has 0 aromatic heterocycles. The fourth-order valence-corrected chi connectivity index (χ4v) is 3.07. The molecule has 4 nitrogen and oxygen atoms in total. The maximum absolute atomic E-state index is 11.6. The molecule has 0 aromatic carbocycles. The molecule has 0 aliphatic rings. The molecular formula is C12H27NO3S. The Hall–Kier alpha value is -0.130. The van der Waals surface area contributed by atoms with E-state index in [1.54, 1.807) is 0 Å². The second-order valence-corrected chi connectivity index (χ2v) is 6.35. The van der Waals surface area contributed by atoms with Gasteiger partial charge in [-0.1, -0.05) is 40.0 Å². The third kappa shape index (κ3) is 5.36. The highest BCUT2D eigenvalue weighted by atomic mass is 32.2. The van der Waals surface area contributed by atoms with Crippen LogP contribution in [0.4, 0.5) is 0 Å². The third-order valence-corrected chi connectivity index (χ3v) is 4.73. The zero-order chi connectivity index (χ0) is 13.4. The Labute approximate surface area is 106 Å². The van der Waals surface area contributed by atoms with Gasteiger partial charge >= 0.3 is 0 Å². The van der Waals surface area contributed by atoms with Crippen molar-refractivity contribution >= 4 is 10.3 Å². The third-order valence-electron chi connectivity index (χ3n) is 3.23. The zero-order valence-electron chi connectivity index (χ0n) is 11.4. The highest BCUT2D eigenvalue weighted by Crippen LogP contribution is 2.19. The lowest BCUT2D eigenvalue weighted by atomic mass is 10.2. The largest absolute Gasteiger partial charge is 0.702 e. The predicted molar refractivity (Wildman–Crippen MR) is 69.3 cm³/mol. The van der Waals surface area contributed by atoms with Crippen molar-refractivity contribution in [3.63, 3.8) is 0 Å². The lowest BCUT2D eigenvalue weighted by Crippen LogP contribution is -2.54. The number of hydrogen-bond acceptors (Lipinski definition) is 3. The van der Waals surface area contributed by atoms with Crippen LogP contribution in [0, 0.1) is 0 Å². The Morgan fingerprint density at radius 1 is 0.824 bits per heavy atom. The fourth-order valence-electron chi connectivity index (χ4n) is 2.01. The second kappa shape index (κ2) is 8.06. The smallest absolute Gasteiger partial charge is 0.254 e. The van der Waals surface area contributed by atoms with Gasteiger partial charge in [-0.3, -0.25) is 0 Å². The summed E-state index contributed by atoms with van der Waals surface area (Å²) in [6, 6.07) is 0. The summed E-state index contributed by atoms with van der Waals surface area (Å²) in [6.45, 7) is 7.48. The maximum Gasteiger partial charge on any atom is 0.254 e. The van der Waals surface area contributed by atoms with Gasteiger partial charge in [0.1, 0.15) is 0 Å². The van der Waals surface area contributed by atoms with Crippen molar-refractivity contribution in [2.75, 3.05) is 19.6 Å². The van der Waals surface area contributed by atoms with Crippen molar-refractivity contribution in [2.24, 2.45) is 0 Å². The fraction of sp³-hybridized carbons (Fsp3) is 1.00. The topological polar surface area (TPSA) is 57.2 Å². The number of rotatable bonds is 10. The summed E-state index contributed by atoms with van der Waals surface area (Å²) in [5.74, 6) is 0. The van der Waals surface area contributed by atoms with E-state index in [0.717, 1.165) is 38.5 Å². The van der Waals surface area contributed by atoms with Crippen LogP contribution in [-0.4, -0.2) is 36.5 Å². The number of hydrogen-bond donors (Lipinski definition) is 0. The van der Waals surface area contributed by atoms with Crippen molar-refractivity contribution in [1.29, 1.82) is 0 Å². The van der Waals surface area contributed by atoms with E-state index >= 15 is 0 Å². The molecule has 0 amide bonds. The molecule has 0 aromatic rings. The van der Waals surface area contributed by atoms with E-state index in [1.807, 2.05) is 20.8 Å². The molecule has 0 heterocycles. The monoisotopic (exact) mass is 265 g/mol. The Morgan fingerprint density at radius 2 is 1.12 bits per heavy atom. The van der Waals surface area contributed by atoms with Crippen molar-refractivity contribution in [3.8, 4) is 0 Å². The summed E-state index contributed by atoms with van der Waals surface area (Å²) >= 11 is 0. The first-order valence-corrected chi connectivity index (χ1v) is 8.12. The van der Waals surface area contributed by atoms with E-state index in [9.17, 15) is 13.0 Å². The van der Waals surface area contributed by atoms with Crippen molar-refractivity contribution < 1.29 is 16.9 Å². The van der Waals surface area contributed by atoms with Gasteiger partial charge in [-0.2, -0.15) is 8.42 Å². The summed E-state index contributed by atoms with van der Waals surface area (Å²) in [6.07, 6.45) is 5.17. The lowest BCUT2D eigenvalue weighted by molar-refractivity contribution is -0.812. The summed E-state index contributed by atoms with van der Waals surface area (Å²) in [7, 11) is -4.26. The molecule has 0 radical (unpaired) electrons. The van der Waals surface area contributed by atoms with Gasteiger partial charge < -0.3 is 4.55 Å². The molecule has 0 fully saturated rings. The molecule has 104 valence electrons. The molecule has 0 saturated carbocycles. The first-order valence-electron chi connectivity index (χ1n) is 6.75. The minimum absolute atomic E-state index is 0.248. The Bertz CT molecular complexity index is 266. The van der Waals surface area contributed by atoms with Crippen LogP contribution in [0.15, 0.2) is 0 Å². The van der Waals surface area contributed by atoms with Gasteiger partial charge in [0, 0.05) is 0 Å². The van der Waals surface area contributed by atoms with Crippen molar-refractivity contribution in [1.82, 2.24) is 0 Å². The quantitative estimate of drug-likeness (QED) is 0.451. The highest BCUT2D eigenvalue weighted by molar-refractivity contribution is 7.80. The SMILES string of the molecule is CCCC[N+](CCCC)(CCCC)S(=O)(=O)[O-]. The van der Waals surface area contributed by atoms with Crippen molar-refractivity contribution in [2.45, 2.75) is 59.3 Å². The molecule has 0 bridgehead atoms. The van der Waals surface area contributed by atoms with Gasteiger partial charge in [-0.05, 0) is 19.3 Å². The molecule has 0 aliphatic heterocycles. The summed E-state index contributed by atoms with van der Waals surface area (Å²) in [5.41, 5.74) is 0. The van der Waals surface area contributed by atoms with Crippen LogP contribution in [-0.2, 0) is 10.3 Å². The van der Waals surface area contributed by atoms with Crippen LogP contribution in [0.1, 0.15) is 59.3 Å². The standard InChI is InChI=1S/C12H27NO3S/c1-4-7-10-13(11-8-5-2,12-9-6-3)17(14,15)16/h4-12H2,1-3H3. The van der Waals surface area contributed by atoms with E-state index in [1.165, 1.54) is 0 Å². The molecule has 0 saturated heterocycles. The van der Waals surface area contributed by atoms with Crippen LogP contribution < -0.4 is 0 Å². The summed E-state index contributed by atoms with van der Waals surface area (Å²) < 4.78 is 34.5. The number of quaternary nitrogens is 1. The van der Waals surface area contributed by atoms with E-state index in [-0.39, 0.29) is 3.89 Å². The van der Waals surface area contributed by atoms with Crippen LogP contribution in [0.25, 0.3) is 0 Å². The molecule has 17 heavy (non-hydrogen) atoms. The van der Waals surface area contributed by atoms with Crippen LogP contribution in [0.3, 0.4) is 0 Å². The first kappa shape index (κ1) is 16.9. The molecule has 0 rings (SSSR count). The van der Waals surface area contributed by atoms with E-state index in [0.29, 0.717) is 19.6 Å².